The first-order valence-corrected chi connectivity index (χ1v) is 7.51. The number of ether oxygens (including phenoxy) is 2. The second-order valence-corrected chi connectivity index (χ2v) is 6.77. The van der Waals surface area contributed by atoms with E-state index in [9.17, 15) is 4.79 Å². The fourth-order valence-electron chi connectivity index (χ4n) is 3.07. The van der Waals surface area contributed by atoms with Crippen molar-refractivity contribution in [2.45, 2.75) is 45.3 Å². The van der Waals surface area contributed by atoms with Gasteiger partial charge in [0.25, 0.3) is 0 Å². The van der Waals surface area contributed by atoms with Crippen molar-refractivity contribution in [3.8, 4) is 0 Å². The number of hydrogen-bond acceptors (Lipinski definition) is 4. The minimum absolute atomic E-state index is 0.150. The zero-order chi connectivity index (χ0) is 15.5. The third-order valence-corrected chi connectivity index (χ3v) is 3.97. The highest BCUT2D eigenvalue weighted by molar-refractivity contribution is 5.68. The molecule has 3 unspecified atom stereocenters. The van der Waals surface area contributed by atoms with E-state index in [0.717, 1.165) is 19.4 Å². The first-order valence-electron chi connectivity index (χ1n) is 7.51. The molecule has 2 aliphatic heterocycles. The Hall–Kier alpha value is -1.46. The second kappa shape index (κ2) is 6.54. The number of nitrogens with zero attached hydrogens (tertiary/aromatic N) is 4. The molecule has 118 valence electrons. The largest absolute Gasteiger partial charge is 0.444 e. The van der Waals surface area contributed by atoms with E-state index in [-0.39, 0.29) is 24.0 Å². The zero-order valence-corrected chi connectivity index (χ0v) is 13.0. The normalized spacial score (nSPS) is 29.3. The van der Waals surface area contributed by atoms with Crippen molar-refractivity contribution in [3.05, 3.63) is 10.4 Å². The molecule has 2 aliphatic rings. The van der Waals surface area contributed by atoms with Crippen LogP contribution in [0.25, 0.3) is 10.4 Å². The molecule has 0 aromatic heterocycles. The lowest BCUT2D eigenvalue weighted by atomic mass is 9.89. The summed E-state index contributed by atoms with van der Waals surface area (Å²) in [7, 11) is 0. The van der Waals surface area contributed by atoms with E-state index in [1.807, 2.05) is 20.8 Å². The monoisotopic (exact) mass is 296 g/mol. The minimum atomic E-state index is -0.501. The molecule has 0 saturated carbocycles. The Morgan fingerprint density at radius 3 is 2.81 bits per heavy atom. The van der Waals surface area contributed by atoms with Gasteiger partial charge in [0.2, 0.25) is 0 Å². The molecule has 2 rings (SSSR count). The zero-order valence-electron chi connectivity index (χ0n) is 13.0. The van der Waals surface area contributed by atoms with Crippen LogP contribution in [0.3, 0.4) is 0 Å². The van der Waals surface area contributed by atoms with Crippen LogP contribution in [0, 0.1) is 11.8 Å². The van der Waals surface area contributed by atoms with E-state index < -0.39 is 5.60 Å². The SMILES string of the molecule is CC(C)(C)OC(=O)N1CC(CN=[N+]=[N-])C(C2CCCO2)C1. The lowest BCUT2D eigenvalue weighted by Gasteiger charge is -2.25. The molecule has 3 atom stereocenters. The molecular weight excluding hydrogens is 272 g/mol. The summed E-state index contributed by atoms with van der Waals surface area (Å²) in [5.41, 5.74) is 8.03. The maximum atomic E-state index is 12.2. The van der Waals surface area contributed by atoms with Crippen molar-refractivity contribution in [2.75, 3.05) is 26.2 Å². The summed E-state index contributed by atoms with van der Waals surface area (Å²) >= 11 is 0. The molecule has 1 amide bonds. The standard InChI is InChI=1S/C14H24N4O3/c1-14(2,3)21-13(19)18-8-10(7-16-17-15)11(9-18)12-5-4-6-20-12/h10-12H,4-9H2,1-3H3. The molecule has 2 fully saturated rings. The lowest BCUT2D eigenvalue weighted by molar-refractivity contribution is 0.0250. The molecule has 0 spiro atoms. The predicted octanol–water partition coefficient (Wildman–Crippen LogP) is 2.96. The molecule has 2 heterocycles. The van der Waals surface area contributed by atoms with E-state index in [1.165, 1.54) is 0 Å². The van der Waals surface area contributed by atoms with Crippen molar-refractivity contribution >= 4 is 6.09 Å². The maximum Gasteiger partial charge on any atom is 0.410 e. The van der Waals surface area contributed by atoms with Crippen molar-refractivity contribution in [2.24, 2.45) is 17.0 Å². The summed E-state index contributed by atoms with van der Waals surface area (Å²) < 4.78 is 11.2. The first-order chi connectivity index (χ1) is 9.90. The van der Waals surface area contributed by atoms with E-state index in [2.05, 4.69) is 10.0 Å². The molecule has 21 heavy (non-hydrogen) atoms. The Bertz CT molecular complexity index is 422. The van der Waals surface area contributed by atoms with E-state index >= 15 is 0 Å². The van der Waals surface area contributed by atoms with Crippen LogP contribution in [0.4, 0.5) is 4.79 Å². The molecular formula is C14H24N4O3. The molecule has 0 bridgehead atoms. The van der Waals surface area contributed by atoms with Crippen LogP contribution in [-0.2, 0) is 9.47 Å². The summed E-state index contributed by atoms with van der Waals surface area (Å²) in [5, 5.41) is 3.69. The quantitative estimate of drug-likeness (QED) is 0.455. The smallest absolute Gasteiger partial charge is 0.410 e. The Morgan fingerprint density at radius 1 is 1.48 bits per heavy atom. The number of amides is 1. The minimum Gasteiger partial charge on any atom is -0.444 e. The van der Waals surface area contributed by atoms with Gasteiger partial charge in [-0.25, -0.2) is 4.79 Å². The van der Waals surface area contributed by atoms with Crippen molar-refractivity contribution in [1.82, 2.24) is 4.90 Å². The van der Waals surface area contributed by atoms with Crippen LogP contribution in [0.15, 0.2) is 5.11 Å². The van der Waals surface area contributed by atoms with Crippen LogP contribution in [0.1, 0.15) is 33.6 Å². The number of carbonyl (C=O) groups excluding carboxylic acids is 1. The first kappa shape index (κ1) is 15.9. The molecule has 0 radical (unpaired) electrons. The van der Waals surface area contributed by atoms with Crippen LogP contribution >= 0.6 is 0 Å². The Morgan fingerprint density at radius 2 is 2.24 bits per heavy atom. The van der Waals surface area contributed by atoms with Gasteiger partial charge in [0.15, 0.2) is 0 Å². The van der Waals surface area contributed by atoms with Crippen LogP contribution in [0.5, 0.6) is 0 Å². The molecule has 0 aromatic rings. The summed E-state index contributed by atoms with van der Waals surface area (Å²) in [6.07, 6.45) is 1.94. The van der Waals surface area contributed by atoms with Gasteiger partial charge in [0.1, 0.15) is 5.60 Å². The lowest BCUT2D eigenvalue weighted by Crippen LogP contribution is -2.36. The van der Waals surface area contributed by atoms with Gasteiger partial charge < -0.3 is 14.4 Å². The highest BCUT2D eigenvalue weighted by atomic mass is 16.6. The molecule has 0 aromatic carbocycles. The topological polar surface area (TPSA) is 87.5 Å². The van der Waals surface area contributed by atoms with Crippen molar-refractivity contribution < 1.29 is 14.3 Å². The van der Waals surface area contributed by atoms with Gasteiger partial charge in [-0.2, -0.15) is 0 Å². The second-order valence-electron chi connectivity index (χ2n) is 6.77. The van der Waals surface area contributed by atoms with Gasteiger partial charge in [0.05, 0.1) is 6.10 Å². The average molecular weight is 296 g/mol. The Kier molecular flexibility index (Phi) is 4.96. The Balaban J connectivity index is 2.02. The number of rotatable bonds is 3. The summed E-state index contributed by atoms with van der Waals surface area (Å²) in [6.45, 7) is 7.94. The number of azide groups is 1. The molecule has 7 nitrogen and oxygen atoms in total. The van der Waals surface area contributed by atoms with Gasteiger partial charge in [-0.1, -0.05) is 5.11 Å². The highest BCUT2D eigenvalue weighted by Gasteiger charge is 2.42. The van der Waals surface area contributed by atoms with Gasteiger partial charge in [-0.05, 0) is 45.1 Å². The third-order valence-electron chi connectivity index (χ3n) is 3.97. The maximum absolute atomic E-state index is 12.2. The number of likely N-dealkylation sites (tertiary alicyclic amines) is 1. The van der Waals surface area contributed by atoms with Crippen LogP contribution in [-0.4, -0.2) is 48.9 Å². The van der Waals surface area contributed by atoms with Gasteiger partial charge in [-0.15, -0.1) is 0 Å². The third kappa shape index (κ3) is 4.25. The van der Waals surface area contributed by atoms with Crippen molar-refractivity contribution in [3.63, 3.8) is 0 Å². The van der Waals surface area contributed by atoms with Gasteiger partial charge >= 0.3 is 6.09 Å². The van der Waals surface area contributed by atoms with E-state index in [4.69, 9.17) is 15.0 Å². The highest BCUT2D eigenvalue weighted by Crippen LogP contribution is 2.33. The number of hydrogen-bond donors (Lipinski definition) is 0. The summed E-state index contributed by atoms with van der Waals surface area (Å²) in [4.78, 5) is 16.8. The van der Waals surface area contributed by atoms with Crippen LogP contribution in [0.2, 0.25) is 0 Å². The van der Waals surface area contributed by atoms with Gasteiger partial charge in [0, 0.05) is 37.1 Å². The molecule has 0 N–H and O–H groups in total. The summed E-state index contributed by atoms with van der Waals surface area (Å²) in [5.74, 6) is 0.377. The predicted molar refractivity (Wildman–Crippen MR) is 77.8 cm³/mol. The van der Waals surface area contributed by atoms with Crippen LogP contribution < -0.4 is 0 Å². The molecule has 0 aliphatic carbocycles. The molecule has 2 saturated heterocycles. The van der Waals surface area contributed by atoms with Gasteiger partial charge in [-0.3, -0.25) is 0 Å². The fourth-order valence-corrected chi connectivity index (χ4v) is 3.07. The number of carbonyl (C=O) groups is 1. The summed E-state index contributed by atoms with van der Waals surface area (Å²) in [6, 6.07) is 0. The molecule has 7 heteroatoms. The van der Waals surface area contributed by atoms with E-state index in [0.29, 0.717) is 19.6 Å². The Labute approximate surface area is 125 Å². The average Bonchev–Trinajstić information content (AvgIpc) is 3.03. The van der Waals surface area contributed by atoms with Crippen molar-refractivity contribution in [1.29, 1.82) is 0 Å². The fraction of sp³-hybridized carbons (Fsp3) is 0.929. The van der Waals surface area contributed by atoms with E-state index in [1.54, 1.807) is 4.90 Å².